The van der Waals surface area contributed by atoms with E-state index in [-0.39, 0.29) is 0 Å². The van der Waals surface area contributed by atoms with Gasteiger partial charge in [-0.3, -0.25) is 0 Å². The van der Waals surface area contributed by atoms with E-state index >= 15 is 0 Å². The van der Waals surface area contributed by atoms with Crippen LogP contribution in [0.4, 0.5) is 17.1 Å². The van der Waals surface area contributed by atoms with Crippen molar-refractivity contribution in [2.75, 3.05) is 4.90 Å². The molecular weight excluding hydrogens is 993 g/mol. The maximum atomic E-state index is 4.29. The van der Waals surface area contributed by atoms with Crippen molar-refractivity contribution in [3.8, 4) is 39.1 Å². The third-order valence-electron chi connectivity index (χ3n) is 17.2. The topological polar surface area (TPSA) is 8.17 Å². The van der Waals surface area contributed by atoms with Gasteiger partial charge in [0.1, 0.15) is 0 Å². The molecule has 0 atom stereocenters. The zero-order valence-electron chi connectivity index (χ0n) is 43.4. The summed E-state index contributed by atoms with van der Waals surface area (Å²) in [6.45, 7) is 6.37. The van der Waals surface area contributed by atoms with Crippen LogP contribution in [0.15, 0.2) is 287 Å². The molecule has 2 aliphatic heterocycles. The molecule has 2 spiro atoms. The molecule has 0 saturated heterocycles. The van der Waals surface area contributed by atoms with E-state index in [9.17, 15) is 0 Å². The average Bonchev–Trinajstić information content (AvgIpc) is 4.17. The quantitative estimate of drug-likeness (QED) is 0.157. The molecular formula is C75H50N2S2. The van der Waals surface area contributed by atoms with E-state index in [1.165, 1.54) is 91.7 Å². The molecule has 0 radical (unpaired) electrons. The summed E-state index contributed by atoms with van der Waals surface area (Å²) in [6, 6.07) is 96.0. The molecule has 0 unspecified atom stereocenters. The first-order valence-electron chi connectivity index (χ1n) is 27.2. The number of para-hydroxylation sites is 1. The van der Waals surface area contributed by atoms with Gasteiger partial charge in [-0.2, -0.15) is 0 Å². The molecule has 0 bridgehead atoms. The normalized spacial score (nSPS) is 14.2. The standard InChI is InChI=1S/C75H50N2S2/c1-3-21-66-53(4-2)56-44-40-49(46-68(56)77(66)50-22-6-5-7-23-50)48-38-41-51(42-39-48)76(52-43-45-55-54-24-8-10-26-58(54)75(65(55)47-52)62-30-14-18-36-71(62)79-72-37-19-15-31-63(72)75)67-33-20-32-64-73(67)57-25-9-11-27-59(57)74(64)60-28-12-16-34-69(60)78-70-35-17-13-29-61(70)74/h3-47H,2H2,1H3/b21-3-. The SMILES string of the molecule is C=Cc1c(/C=C\C)n(-c2ccccc2)c2cc(-c3ccc(N(c4ccc5c(c4)C4(c6ccccc6Sc6ccccc64)c4ccccc4-5)c4cccc5c4-c4ccccc4C54c5ccccc5Sc5ccccc54)cc3)ccc12. The third kappa shape index (κ3) is 6.39. The molecule has 0 amide bonds. The second-order valence-electron chi connectivity index (χ2n) is 21.0. The van der Waals surface area contributed by atoms with E-state index in [1.54, 1.807) is 0 Å². The molecule has 79 heavy (non-hydrogen) atoms. The fourth-order valence-corrected chi connectivity index (χ4v) is 16.6. The van der Waals surface area contributed by atoms with Crippen molar-refractivity contribution in [2.24, 2.45) is 0 Å². The summed E-state index contributed by atoms with van der Waals surface area (Å²) in [7, 11) is 0. The van der Waals surface area contributed by atoms with Crippen molar-refractivity contribution in [3.05, 3.63) is 323 Å². The van der Waals surface area contributed by atoms with Crippen LogP contribution in [-0.2, 0) is 10.8 Å². The smallest absolute Gasteiger partial charge is 0.0736 e. The van der Waals surface area contributed by atoms with E-state index < -0.39 is 10.8 Å². The second kappa shape index (κ2) is 17.7. The number of anilines is 3. The first-order valence-corrected chi connectivity index (χ1v) is 28.9. The van der Waals surface area contributed by atoms with Gasteiger partial charge in [-0.1, -0.05) is 224 Å². The van der Waals surface area contributed by atoms with Gasteiger partial charge >= 0.3 is 0 Å². The predicted octanol–water partition coefficient (Wildman–Crippen LogP) is 20.1. The van der Waals surface area contributed by atoms with E-state index in [1.807, 2.05) is 29.6 Å². The minimum atomic E-state index is -0.535. The Bertz CT molecular complexity index is 4450. The van der Waals surface area contributed by atoms with Gasteiger partial charge in [0.05, 0.1) is 27.7 Å². The Hall–Kier alpha value is -9.06. The van der Waals surface area contributed by atoms with Crippen molar-refractivity contribution in [3.63, 3.8) is 0 Å². The highest BCUT2D eigenvalue weighted by atomic mass is 32.2. The lowest BCUT2D eigenvalue weighted by Gasteiger charge is -2.40. The highest BCUT2D eigenvalue weighted by Gasteiger charge is 2.53. The number of hydrogen-bond donors (Lipinski definition) is 0. The zero-order valence-corrected chi connectivity index (χ0v) is 45.0. The highest BCUT2D eigenvalue weighted by molar-refractivity contribution is 7.99. The van der Waals surface area contributed by atoms with Crippen LogP contribution in [-0.4, -0.2) is 4.57 Å². The molecule has 2 aliphatic carbocycles. The van der Waals surface area contributed by atoms with E-state index in [0.717, 1.165) is 50.7 Å². The maximum Gasteiger partial charge on any atom is 0.0736 e. The Labute approximate surface area is 469 Å². The van der Waals surface area contributed by atoms with E-state index in [2.05, 4.69) is 290 Å². The molecule has 12 aromatic rings. The zero-order chi connectivity index (χ0) is 52.4. The van der Waals surface area contributed by atoms with Crippen LogP contribution in [0.3, 0.4) is 0 Å². The van der Waals surface area contributed by atoms with Crippen LogP contribution < -0.4 is 4.90 Å². The molecule has 16 rings (SSSR count). The van der Waals surface area contributed by atoms with Gasteiger partial charge in [-0.25, -0.2) is 0 Å². The highest BCUT2D eigenvalue weighted by Crippen LogP contribution is 2.66. The number of benzene rings is 11. The molecule has 4 heteroatoms. The molecule has 11 aromatic carbocycles. The Morgan fingerprint density at radius 3 is 1.52 bits per heavy atom. The number of rotatable bonds is 7. The minimum Gasteiger partial charge on any atom is -0.310 e. The predicted molar refractivity (Wildman–Crippen MR) is 331 cm³/mol. The summed E-state index contributed by atoms with van der Waals surface area (Å²) in [5.74, 6) is 0. The lowest BCUT2D eigenvalue weighted by Crippen LogP contribution is -2.32. The Morgan fingerprint density at radius 2 is 0.911 bits per heavy atom. The Kier molecular flexibility index (Phi) is 10.3. The molecule has 4 aliphatic rings. The lowest BCUT2D eigenvalue weighted by molar-refractivity contribution is 0.722. The van der Waals surface area contributed by atoms with Crippen LogP contribution in [0.2, 0.25) is 0 Å². The molecule has 0 saturated carbocycles. The van der Waals surface area contributed by atoms with Crippen LogP contribution in [0.5, 0.6) is 0 Å². The number of fused-ring (bicyclic) bond motifs is 19. The molecule has 2 nitrogen and oxygen atoms in total. The van der Waals surface area contributed by atoms with Crippen molar-refractivity contribution in [2.45, 2.75) is 37.3 Å². The first-order chi connectivity index (χ1) is 39.1. The van der Waals surface area contributed by atoms with Crippen LogP contribution >= 0.6 is 23.5 Å². The van der Waals surface area contributed by atoms with Crippen LogP contribution in [0.1, 0.15) is 62.7 Å². The summed E-state index contributed by atoms with van der Waals surface area (Å²) in [5, 5.41) is 1.18. The minimum absolute atomic E-state index is 0.527. The third-order valence-corrected chi connectivity index (χ3v) is 19.5. The van der Waals surface area contributed by atoms with Gasteiger partial charge in [0, 0.05) is 53.2 Å². The lowest BCUT2D eigenvalue weighted by atomic mass is 9.67. The molecule has 0 N–H and O–H groups in total. The van der Waals surface area contributed by atoms with E-state index in [0.29, 0.717) is 0 Å². The van der Waals surface area contributed by atoms with Crippen molar-refractivity contribution >= 4 is 63.6 Å². The summed E-state index contributed by atoms with van der Waals surface area (Å²) in [5.41, 5.74) is 24.7. The summed E-state index contributed by atoms with van der Waals surface area (Å²) >= 11 is 3.78. The Morgan fingerprint density at radius 1 is 0.418 bits per heavy atom. The fraction of sp³-hybridized carbons (Fsp3) is 0.0400. The molecule has 0 fully saturated rings. The van der Waals surface area contributed by atoms with E-state index in [4.69, 9.17) is 0 Å². The molecule has 3 heterocycles. The molecule has 1 aromatic heterocycles. The van der Waals surface area contributed by atoms with Gasteiger partial charge < -0.3 is 9.47 Å². The maximum absolute atomic E-state index is 4.29. The van der Waals surface area contributed by atoms with Crippen molar-refractivity contribution < 1.29 is 0 Å². The summed E-state index contributed by atoms with van der Waals surface area (Å²) < 4.78 is 2.37. The Balaban J connectivity index is 0.948. The second-order valence-corrected chi connectivity index (χ2v) is 23.2. The summed E-state index contributed by atoms with van der Waals surface area (Å²) in [4.78, 5) is 7.74. The number of allylic oxidation sites excluding steroid dienone is 1. The van der Waals surface area contributed by atoms with Crippen LogP contribution in [0.25, 0.3) is 62.1 Å². The van der Waals surface area contributed by atoms with Crippen molar-refractivity contribution in [1.82, 2.24) is 4.57 Å². The van der Waals surface area contributed by atoms with Gasteiger partial charge in [-0.05, 0) is 158 Å². The first kappa shape index (κ1) is 46.1. The van der Waals surface area contributed by atoms with Gasteiger partial charge in [0.2, 0.25) is 0 Å². The molecule has 372 valence electrons. The summed E-state index contributed by atoms with van der Waals surface area (Å²) in [6.07, 6.45) is 6.31. The number of nitrogens with zero attached hydrogens (tertiary/aromatic N) is 2. The van der Waals surface area contributed by atoms with Gasteiger partial charge in [0.25, 0.3) is 0 Å². The number of aromatic nitrogens is 1. The average molecular weight is 1040 g/mol. The monoisotopic (exact) mass is 1040 g/mol. The number of hydrogen-bond acceptors (Lipinski definition) is 3. The van der Waals surface area contributed by atoms with Gasteiger partial charge in [-0.15, -0.1) is 0 Å². The van der Waals surface area contributed by atoms with Crippen LogP contribution in [0, 0.1) is 0 Å². The fourth-order valence-electron chi connectivity index (χ4n) is 14.2. The largest absolute Gasteiger partial charge is 0.310 e. The van der Waals surface area contributed by atoms with Gasteiger partial charge in [0.15, 0.2) is 0 Å². The van der Waals surface area contributed by atoms with Crippen molar-refractivity contribution in [1.29, 1.82) is 0 Å².